The first-order valence-electron chi connectivity index (χ1n) is 13.0. The first-order chi connectivity index (χ1) is 17.3. The highest BCUT2D eigenvalue weighted by Crippen LogP contribution is 2.25. The Morgan fingerprint density at radius 2 is 1.72 bits per heavy atom. The molecule has 2 rings (SSSR count). The van der Waals surface area contributed by atoms with Gasteiger partial charge in [0.1, 0.15) is 19.0 Å². The summed E-state index contributed by atoms with van der Waals surface area (Å²) >= 11 is 0. The molecule has 1 amide bonds. The number of aromatic hydroxyl groups is 1. The van der Waals surface area contributed by atoms with Gasteiger partial charge in [-0.25, -0.2) is 0 Å². The Kier molecular flexibility index (Phi) is 12.8. The van der Waals surface area contributed by atoms with E-state index in [0.717, 1.165) is 25.7 Å². The fourth-order valence-corrected chi connectivity index (χ4v) is 3.91. The molecule has 198 valence electrons. The zero-order chi connectivity index (χ0) is 26.3. The number of carbonyl (C=O) groups excluding carboxylic acids is 2. The lowest BCUT2D eigenvalue weighted by atomic mass is 9.99. The number of aliphatic hydroxyl groups excluding tert-OH is 1. The monoisotopic (exact) mass is 499 g/mol. The Morgan fingerprint density at radius 1 is 1.06 bits per heavy atom. The SMILES string of the molecule is C=C(/C=C1/OCCO/C1=C/[C@H](CC)CCC)C(O)CNC(=O)CCCCCC(=O)c1ccc(O)cc1. The summed E-state index contributed by atoms with van der Waals surface area (Å²) in [6, 6.07) is 6.22. The number of rotatable bonds is 15. The molecule has 1 aliphatic rings. The molecule has 36 heavy (non-hydrogen) atoms. The second-order valence-electron chi connectivity index (χ2n) is 9.12. The summed E-state index contributed by atoms with van der Waals surface area (Å²) < 4.78 is 11.6. The van der Waals surface area contributed by atoms with Crippen molar-refractivity contribution in [2.75, 3.05) is 19.8 Å². The van der Waals surface area contributed by atoms with E-state index < -0.39 is 6.10 Å². The molecule has 0 spiro atoms. The highest BCUT2D eigenvalue weighted by Gasteiger charge is 2.19. The van der Waals surface area contributed by atoms with Crippen LogP contribution in [0.1, 0.15) is 75.6 Å². The number of Topliss-reactive ketones (excluding diaryl/α,β-unsaturated/α-hetero) is 1. The van der Waals surface area contributed by atoms with Gasteiger partial charge in [-0.1, -0.05) is 33.3 Å². The fraction of sp³-hybridized carbons (Fsp3) is 0.517. The van der Waals surface area contributed by atoms with Gasteiger partial charge in [0.05, 0.1) is 6.10 Å². The van der Waals surface area contributed by atoms with Gasteiger partial charge in [0.25, 0.3) is 0 Å². The number of phenolic OH excluding ortho intramolecular Hbond substituents is 1. The van der Waals surface area contributed by atoms with Crippen LogP contribution < -0.4 is 5.32 Å². The van der Waals surface area contributed by atoms with Crippen molar-refractivity contribution in [1.82, 2.24) is 5.32 Å². The zero-order valence-electron chi connectivity index (χ0n) is 21.6. The maximum absolute atomic E-state index is 12.2. The molecule has 0 saturated carbocycles. The molecule has 7 heteroatoms. The van der Waals surface area contributed by atoms with E-state index in [1.165, 1.54) is 12.1 Å². The summed E-state index contributed by atoms with van der Waals surface area (Å²) in [5.74, 6) is 1.65. The molecule has 0 aromatic heterocycles. The number of ketones is 1. The normalized spacial score (nSPS) is 17.2. The number of ether oxygens (including phenoxy) is 2. The predicted molar refractivity (Wildman–Crippen MR) is 140 cm³/mol. The van der Waals surface area contributed by atoms with Crippen LogP contribution in [0.15, 0.2) is 60.1 Å². The van der Waals surface area contributed by atoms with Crippen molar-refractivity contribution >= 4 is 11.7 Å². The number of nitrogens with one attached hydrogen (secondary N) is 1. The van der Waals surface area contributed by atoms with Crippen molar-refractivity contribution < 1.29 is 29.3 Å². The van der Waals surface area contributed by atoms with Crippen molar-refractivity contribution in [3.8, 4) is 5.75 Å². The fourth-order valence-electron chi connectivity index (χ4n) is 3.91. The number of hydrogen-bond acceptors (Lipinski definition) is 6. The minimum Gasteiger partial charge on any atom is -0.508 e. The second-order valence-corrected chi connectivity index (χ2v) is 9.12. The van der Waals surface area contributed by atoms with E-state index in [1.54, 1.807) is 18.2 Å². The van der Waals surface area contributed by atoms with Crippen molar-refractivity contribution in [3.63, 3.8) is 0 Å². The first kappa shape index (κ1) is 29.2. The third kappa shape index (κ3) is 10.3. The van der Waals surface area contributed by atoms with E-state index in [2.05, 4.69) is 31.8 Å². The molecule has 1 aromatic carbocycles. The van der Waals surface area contributed by atoms with Crippen LogP contribution >= 0.6 is 0 Å². The summed E-state index contributed by atoms with van der Waals surface area (Å²) in [4.78, 5) is 24.3. The summed E-state index contributed by atoms with van der Waals surface area (Å²) in [6.07, 6.45) is 8.84. The molecule has 1 aliphatic heterocycles. The van der Waals surface area contributed by atoms with Gasteiger partial charge >= 0.3 is 0 Å². The predicted octanol–water partition coefficient (Wildman–Crippen LogP) is 5.20. The smallest absolute Gasteiger partial charge is 0.220 e. The van der Waals surface area contributed by atoms with E-state index in [1.807, 2.05) is 0 Å². The average Bonchev–Trinajstić information content (AvgIpc) is 2.88. The Bertz CT molecular complexity index is 918. The van der Waals surface area contributed by atoms with Crippen molar-refractivity contribution in [3.05, 3.63) is 65.7 Å². The lowest BCUT2D eigenvalue weighted by molar-refractivity contribution is -0.121. The maximum atomic E-state index is 12.2. The van der Waals surface area contributed by atoms with E-state index in [-0.39, 0.29) is 24.0 Å². The third-order valence-electron chi connectivity index (χ3n) is 6.15. The van der Waals surface area contributed by atoms with Gasteiger partial charge in [-0.2, -0.15) is 0 Å². The molecule has 1 unspecified atom stereocenters. The first-order valence-corrected chi connectivity index (χ1v) is 13.0. The molecule has 0 bridgehead atoms. The molecule has 2 atom stereocenters. The van der Waals surface area contributed by atoms with Gasteiger partial charge in [0, 0.05) is 24.9 Å². The van der Waals surface area contributed by atoms with Crippen LogP contribution in [0.25, 0.3) is 0 Å². The van der Waals surface area contributed by atoms with Crippen LogP contribution in [0.5, 0.6) is 5.75 Å². The largest absolute Gasteiger partial charge is 0.508 e. The number of aliphatic hydroxyl groups is 1. The van der Waals surface area contributed by atoms with Gasteiger partial charge in [-0.15, -0.1) is 0 Å². The summed E-state index contributed by atoms with van der Waals surface area (Å²) in [6.45, 7) is 9.24. The zero-order valence-corrected chi connectivity index (χ0v) is 21.6. The number of amides is 1. The van der Waals surface area contributed by atoms with Crippen molar-refractivity contribution in [2.24, 2.45) is 5.92 Å². The standard InChI is InChI=1S/C29H41NO6/c1-4-9-22(5-2)19-28-27(35-16-17-36-28)18-21(3)26(33)20-30-29(34)11-8-6-7-10-25(32)23-12-14-24(31)15-13-23/h12-15,18-19,22,26,31,33H,3-11,16-17,20H2,1-2H3,(H,30,34)/b27-18+,28-19+/t22-,26?/m1/s1. The van der Waals surface area contributed by atoms with E-state index >= 15 is 0 Å². The molecule has 1 heterocycles. The number of carbonyl (C=O) groups is 2. The molecular weight excluding hydrogens is 458 g/mol. The summed E-state index contributed by atoms with van der Waals surface area (Å²) in [5.41, 5.74) is 1.02. The lowest BCUT2D eigenvalue weighted by Gasteiger charge is -2.23. The Labute approximate surface area is 214 Å². The summed E-state index contributed by atoms with van der Waals surface area (Å²) in [5, 5.41) is 22.5. The van der Waals surface area contributed by atoms with Gasteiger partial charge in [0.15, 0.2) is 17.3 Å². The van der Waals surface area contributed by atoms with E-state index in [4.69, 9.17) is 9.47 Å². The Hall–Kier alpha value is -3.06. The number of unbranched alkanes of at least 4 members (excludes halogenated alkanes) is 2. The molecule has 0 aliphatic carbocycles. The molecule has 1 aromatic rings. The van der Waals surface area contributed by atoms with Crippen LogP contribution in [-0.2, 0) is 14.3 Å². The van der Waals surface area contributed by atoms with Gasteiger partial charge in [-0.3, -0.25) is 9.59 Å². The van der Waals surface area contributed by atoms with Crippen LogP contribution in [0.3, 0.4) is 0 Å². The molecular formula is C29H41NO6. The van der Waals surface area contributed by atoms with Gasteiger partial charge < -0.3 is 25.0 Å². The van der Waals surface area contributed by atoms with Crippen LogP contribution in [-0.4, -0.2) is 47.8 Å². The number of phenols is 1. The van der Waals surface area contributed by atoms with E-state index in [9.17, 15) is 19.8 Å². The highest BCUT2D eigenvalue weighted by atomic mass is 16.6. The van der Waals surface area contributed by atoms with Crippen molar-refractivity contribution in [1.29, 1.82) is 0 Å². The molecule has 7 nitrogen and oxygen atoms in total. The molecule has 0 radical (unpaired) electrons. The number of benzene rings is 1. The lowest BCUT2D eigenvalue weighted by Crippen LogP contribution is -2.32. The number of hydrogen-bond donors (Lipinski definition) is 3. The van der Waals surface area contributed by atoms with Crippen LogP contribution in [0, 0.1) is 5.92 Å². The topological polar surface area (TPSA) is 105 Å². The van der Waals surface area contributed by atoms with Gasteiger partial charge in [-0.05, 0) is 73.6 Å². The van der Waals surface area contributed by atoms with Crippen LogP contribution in [0.4, 0.5) is 0 Å². The molecule has 1 saturated heterocycles. The minimum absolute atomic E-state index is 0.0242. The summed E-state index contributed by atoms with van der Waals surface area (Å²) in [7, 11) is 0. The van der Waals surface area contributed by atoms with Gasteiger partial charge in [0.2, 0.25) is 5.91 Å². The Balaban J connectivity index is 1.71. The average molecular weight is 500 g/mol. The quantitative estimate of drug-likeness (QED) is 0.226. The molecule has 1 fully saturated rings. The second kappa shape index (κ2) is 15.8. The van der Waals surface area contributed by atoms with Crippen LogP contribution in [0.2, 0.25) is 0 Å². The maximum Gasteiger partial charge on any atom is 0.220 e. The van der Waals surface area contributed by atoms with Crippen molar-refractivity contribution in [2.45, 2.75) is 71.3 Å². The Morgan fingerprint density at radius 3 is 2.39 bits per heavy atom. The highest BCUT2D eigenvalue weighted by molar-refractivity contribution is 5.96. The van der Waals surface area contributed by atoms with E-state index in [0.29, 0.717) is 67.5 Å². The minimum atomic E-state index is -0.936. The molecule has 3 N–H and O–H groups in total. The third-order valence-corrected chi connectivity index (χ3v) is 6.15. The number of allylic oxidation sites excluding steroid dienone is 1.